The number of phenolic OH excluding ortho intramolecular Hbond substituents is 1. The van der Waals surface area contributed by atoms with Crippen molar-refractivity contribution in [1.82, 2.24) is 9.88 Å². The summed E-state index contributed by atoms with van der Waals surface area (Å²) in [7, 11) is 3.23. The van der Waals surface area contributed by atoms with Gasteiger partial charge < -0.3 is 10.0 Å². The van der Waals surface area contributed by atoms with Crippen LogP contribution in [0.1, 0.15) is 38.8 Å². The highest BCUT2D eigenvalue weighted by Gasteiger charge is 2.21. The van der Waals surface area contributed by atoms with Crippen LogP contribution in [0.25, 0.3) is 10.9 Å². The summed E-state index contributed by atoms with van der Waals surface area (Å²) in [5.41, 5.74) is 2.26. The molecule has 0 fully saturated rings. The van der Waals surface area contributed by atoms with Crippen LogP contribution in [-0.2, 0) is 6.42 Å². The Morgan fingerprint density at radius 3 is 2.33 bits per heavy atom. The van der Waals surface area contributed by atoms with Crippen LogP contribution >= 0.6 is 0 Å². The zero-order valence-corrected chi connectivity index (χ0v) is 15.3. The molecule has 3 aromatic rings. The van der Waals surface area contributed by atoms with Gasteiger partial charge in [0, 0.05) is 31.2 Å². The molecule has 0 radical (unpaired) electrons. The van der Waals surface area contributed by atoms with Crippen molar-refractivity contribution in [2.75, 3.05) is 14.1 Å². The molecule has 0 saturated carbocycles. The van der Waals surface area contributed by atoms with Crippen molar-refractivity contribution in [1.29, 1.82) is 0 Å². The molecule has 0 aliphatic rings. The van der Waals surface area contributed by atoms with Gasteiger partial charge in [0.25, 0.3) is 5.91 Å². The van der Waals surface area contributed by atoms with Gasteiger partial charge in [0.2, 0.25) is 0 Å². The number of phenols is 1. The first-order valence-corrected chi connectivity index (χ1v) is 8.39. The van der Waals surface area contributed by atoms with E-state index >= 15 is 0 Å². The van der Waals surface area contributed by atoms with E-state index in [4.69, 9.17) is 0 Å². The Bertz CT molecular complexity index is 1040. The van der Waals surface area contributed by atoms with Crippen molar-refractivity contribution in [3.63, 3.8) is 0 Å². The number of nitrogens with zero attached hydrogens (tertiary/aromatic N) is 2. The van der Waals surface area contributed by atoms with Crippen molar-refractivity contribution >= 4 is 22.6 Å². The van der Waals surface area contributed by atoms with Gasteiger partial charge in [0.05, 0.1) is 5.56 Å². The lowest BCUT2D eigenvalue weighted by Crippen LogP contribution is -2.22. The molecule has 0 aliphatic carbocycles. The lowest BCUT2D eigenvalue weighted by atomic mass is 9.97. The van der Waals surface area contributed by atoms with Gasteiger partial charge in [0.1, 0.15) is 11.3 Å². The van der Waals surface area contributed by atoms with Gasteiger partial charge in [-0.3, -0.25) is 14.6 Å². The predicted molar refractivity (Wildman–Crippen MR) is 101 cm³/mol. The molecule has 0 bridgehead atoms. The number of aromatic hydroxyl groups is 1. The Hall–Kier alpha value is -3.28. The van der Waals surface area contributed by atoms with E-state index in [0.29, 0.717) is 17.4 Å². The third kappa shape index (κ3) is 3.65. The molecule has 2 aromatic carbocycles. The van der Waals surface area contributed by atoms with E-state index < -0.39 is 0 Å². The van der Waals surface area contributed by atoms with Crippen molar-refractivity contribution in [2.24, 2.45) is 0 Å². The van der Waals surface area contributed by atoms with Crippen molar-refractivity contribution in [3.05, 3.63) is 70.7 Å². The number of aromatic nitrogens is 1. The molecule has 6 heteroatoms. The minimum Gasteiger partial charge on any atom is -0.505 e. The summed E-state index contributed by atoms with van der Waals surface area (Å²) in [5.74, 6) is -1.18. The summed E-state index contributed by atoms with van der Waals surface area (Å²) in [6, 6.07) is 9.31. The number of rotatable bonds is 4. The van der Waals surface area contributed by atoms with Gasteiger partial charge in [-0.05, 0) is 48.7 Å². The molecule has 0 aliphatic heterocycles. The van der Waals surface area contributed by atoms with Gasteiger partial charge >= 0.3 is 0 Å². The summed E-state index contributed by atoms with van der Waals surface area (Å²) < 4.78 is 13.1. The van der Waals surface area contributed by atoms with Crippen LogP contribution in [0.5, 0.6) is 5.75 Å². The minimum absolute atomic E-state index is 0.0616. The first-order chi connectivity index (χ1) is 12.8. The molecule has 138 valence electrons. The monoisotopic (exact) mass is 366 g/mol. The summed E-state index contributed by atoms with van der Waals surface area (Å²) in [6.07, 6.45) is 2.08. The van der Waals surface area contributed by atoms with Crippen LogP contribution in [0.4, 0.5) is 4.39 Å². The van der Waals surface area contributed by atoms with Crippen LogP contribution in [-0.4, -0.2) is 40.8 Å². The number of hydrogen-bond donors (Lipinski definition) is 1. The van der Waals surface area contributed by atoms with Gasteiger partial charge in [-0.15, -0.1) is 0 Å². The van der Waals surface area contributed by atoms with Crippen molar-refractivity contribution < 1.29 is 19.1 Å². The predicted octanol–water partition coefficient (Wildman–Crippen LogP) is 3.57. The SMILES string of the molecule is CC(=O)c1cc(C(=O)N(C)C)c2cc(Cc3ccc(F)cc3)cnc2c1O. The highest BCUT2D eigenvalue weighted by molar-refractivity contribution is 6.12. The van der Waals surface area contributed by atoms with E-state index in [1.165, 1.54) is 30.0 Å². The van der Waals surface area contributed by atoms with Crippen LogP contribution in [0, 0.1) is 5.82 Å². The second-order valence-corrected chi connectivity index (χ2v) is 6.62. The maximum atomic E-state index is 13.1. The van der Waals surface area contributed by atoms with Crippen molar-refractivity contribution in [2.45, 2.75) is 13.3 Å². The normalized spacial score (nSPS) is 10.8. The van der Waals surface area contributed by atoms with Gasteiger partial charge in [-0.25, -0.2) is 4.39 Å². The Kier molecular flexibility index (Phi) is 4.90. The Morgan fingerprint density at radius 1 is 1.07 bits per heavy atom. The van der Waals surface area contributed by atoms with Gasteiger partial charge in [-0.1, -0.05) is 12.1 Å². The van der Waals surface area contributed by atoms with Gasteiger partial charge in [-0.2, -0.15) is 0 Å². The number of benzene rings is 2. The fraction of sp³-hybridized carbons (Fsp3) is 0.190. The standard InChI is InChI=1S/C21H19FN2O3/c1-12(25)16-10-18(21(27)24(2)3)17-9-14(11-23-19(17)20(16)26)8-13-4-6-15(22)7-5-13/h4-7,9-11,26H,8H2,1-3H3. The minimum atomic E-state index is -0.348. The number of carbonyl (C=O) groups is 2. The highest BCUT2D eigenvalue weighted by Crippen LogP contribution is 2.32. The largest absolute Gasteiger partial charge is 0.505 e. The lowest BCUT2D eigenvalue weighted by molar-refractivity contribution is 0.0829. The van der Waals surface area contributed by atoms with Crippen molar-refractivity contribution in [3.8, 4) is 5.75 Å². The van der Waals surface area contributed by atoms with E-state index in [9.17, 15) is 19.1 Å². The van der Waals surface area contributed by atoms with E-state index in [1.54, 1.807) is 38.5 Å². The second kappa shape index (κ2) is 7.15. The maximum absolute atomic E-state index is 13.1. The first kappa shape index (κ1) is 18.5. The Labute approximate surface area is 156 Å². The summed E-state index contributed by atoms with van der Waals surface area (Å²) in [4.78, 5) is 30.2. The first-order valence-electron chi connectivity index (χ1n) is 8.39. The van der Waals surface area contributed by atoms with E-state index in [1.807, 2.05) is 0 Å². The van der Waals surface area contributed by atoms with Crippen LogP contribution in [0.2, 0.25) is 0 Å². The topological polar surface area (TPSA) is 70.5 Å². The number of pyridine rings is 1. The molecule has 1 amide bonds. The molecule has 27 heavy (non-hydrogen) atoms. The number of amides is 1. The third-order valence-corrected chi connectivity index (χ3v) is 4.34. The average molecular weight is 366 g/mol. The highest BCUT2D eigenvalue weighted by atomic mass is 19.1. The Morgan fingerprint density at radius 2 is 1.74 bits per heavy atom. The number of hydrogen-bond acceptors (Lipinski definition) is 4. The zero-order chi connectivity index (χ0) is 19.7. The molecule has 0 unspecified atom stereocenters. The van der Waals surface area contributed by atoms with E-state index in [0.717, 1.165) is 11.1 Å². The fourth-order valence-electron chi connectivity index (χ4n) is 2.94. The zero-order valence-electron chi connectivity index (χ0n) is 15.3. The second-order valence-electron chi connectivity index (χ2n) is 6.62. The number of halogens is 1. The fourth-order valence-corrected chi connectivity index (χ4v) is 2.94. The molecular weight excluding hydrogens is 347 g/mol. The van der Waals surface area contributed by atoms with E-state index in [2.05, 4.69) is 4.98 Å². The molecule has 1 aromatic heterocycles. The molecular formula is C21H19FN2O3. The van der Waals surface area contributed by atoms with Gasteiger partial charge in [0.15, 0.2) is 11.5 Å². The quantitative estimate of drug-likeness (QED) is 0.717. The van der Waals surface area contributed by atoms with Crippen LogP contribution in [0.15, 0.2) is 42.6 Å². The molecule has 0 atom stereocenters. The summed E-state index contributed by atoms with van der Waals surface area (Å²) >= 11 is 0. The molecule has 5 nitrogen and oxygen atoms in total. The van der Waals surface area contributed by atoms with E-state index in [-0.39, 0.29) is 34.3 Å². The maximum Gasteiger partial charge on any atom is 0.254 e. The number of ketones is 1. The average Bonchev–Trinajstić information content (AvgIpc) is 2.63. The van der Waals surface area contributed by atoms with Crippen LogP contribution < -0.4 is 0 Å². The summed E-state index contributed by atoms with van der Waals surface area (Å²) in [6.45, 7) is 1.33. The number of fused-ring (bicyclic) bond motifs is 1. The molecule has 1 heterocycles. The van der Waals surface area contributed by atoms with Crippen LogP contribution in [0.3, 0.4) is 0 Å². The molecule has 0 saturated heterocycles. The Balaban J connectivity index is 2.17. The molecule has 0 spiro atoms. The molecule has 1 N–H and O–H groups in total. The number of carbonyl (C=O) groups excluding carboxylic acids is 2. The lowest BCUT2D eigenvalue weighted by Gasteiger charge is -2.15. The number of Topliss-reactive ketones (excluding diaryl/α,β-unsaturated/α-hetero) is 1. The smallest absolute Gasteiger partial charge is 0.254 e. The summed E-state index contributed by atoms with van der Waals surface area (Å²) in [5, 5.41) is 10.9. The third-order valence-electron chi connectivity index (χ3n) is 4.34. The molecule has 3 rings (SSSR count).